The van der Waals surface area contributed by atoms with Crippen molar-refractivity contribution >= 4 is 26.0 Å². The van der Waals surface area contributed by atoms with E-state index >= 15 is 0 Å². The first-order valence-electron chi connectivity index (χ1n) is 5.71. The summed E-state index contributed by atoms with van der Waals surface area (Å²) in [5, 5.41) is 9.15. The van der Waals surface area contributed by atoms with Crippen molar-refractivity contribution in [2.75, 3.05) is 0 Å². The summed E-state index contributed by atoms with van der Waals surface area (Å²) in [6.07, 6.45) is 1.73. The van der Waals surface area contributed by atoms with Crippen molar-refractivity contribution < 1.29 is 13.5 Å². The van der Waals surface area contributed by atoms with Crippen LogP contribution in [-0.4, -0.2) is 19.1 Å². The fourth-order valence-electron chi connectivity index (χ4n) is 1.75. The zero-order valence-corrected chi connectivity index (χ0v) is 12.7. The lowest BCUT2D eigenvalue weighted by atomic mass is 10.2. The summed E-state index contributed by atoms with van der Waals surface area (Å²) >= 11 is 3.32. The average Bonchev–Trinajstić information content (AvgIpc) is 2.98. The first-order valence-corrected chi connectivity index (χ1v) is 7.99. The molecule has 18 heavy (non-hydrogen) atoms. The maximum atomic E-state index is 12.3. The first-order chi connectivity index (χ1) is 8.27. The molecule has 0 radical (unpaired) electrons. The van der Waals surface area contributed by atoms with Gasteiger partial charge < -0.3 is 5.11 Å². The molecule has 0 atom stereocenters. The van der Waals surface area contributed by atoms with Crippen LogP contribution >= 0.6 is 15.9 Å². The van der Waals surface area contributed by atoms with E-state index in [1.807, 2.05) is 6.92 Å². The Bertz CT molecular complexity index is 579. The van der Waals surface area contributed by atoms with Crippen LogP contribution in [0.5, 0.6) is 0 Å². The summed E-state index contributed by atoms with van der Waals surface area (Å²) < 4.78 is 28.0. The topological polar surface area (TPSA) is 66.4 Å². The molecule has 0 aliphatic heterocycles. The monoisotopic (exact) mass is 333 g/mol. The highest BCUT2D eigenvalue weighted by molar-refractivity contribution is 9.10. The molecule has 1 aliphatic carbocycles. The Labute approximate surface area is 116 Å². The van der Waals surface area contributed by atoms with Crippen LogP contribution in [0.3, 0.4) is 0 Å². The fraction of sp³-hybridized carbons (Fsp3) is 0.500. The Hall–Kier alpha value is -0.430. The van der Waals surface area contributed by atoms with E-state index in [1.54, 1.807) is 13.0 Å². The molecule has 0 saturated heterocycles. The SMILES string of the molecule is Cc1c(Br)cc(CO)cc1S(=O)(=O)NC1(C)CC1. The molecule has 2 rings (SSSR count). The number of hydrogen-bond acceptors (Lipinski definition) is 3. The predicted molar refractivity (Wildman–Crippen MR) is 72.8 cm³/mol. The standard InChI is InChI=1S/C12H16BrNO3S/c1-8-10(13)5-9(7-15)6-11(8)18(16,17)14-12(2)3-4-12/h5-6,14-15H,3-4,7H2,1-2H3. The van der Waals surface area contributed by atoms with Gasteiger partial charge in [0, 0.05) is 10.0 Å². The van der Waals surface area contributed by atoms with Crippen LogP contribution in [0.15, 0.2) is 21.5 Å². The van der Waals surface area contributed by atoms with E-state index in [1.165, 1.54) is 6.07 Å². The van der Waals surface area contributed by atoms with Gasteiger partial charge in [0.2, 0.25) is 10.0 Å². The Balaban J connectivity index is 2.46. The molecule has 1 fully saturated rings. The summed E-state index contributed by atoms with van der Waals surface area (Å²) in [6.45, 7) is 3.46. The summed E-state index contributed by atoms with van der Waals surface area (Å²) in [5.41, 5.74) is 0.935. The maximum Gasteiger partial charge on any atom is 0.241 e. The number of nitrogens with one attached hydrogen (secondary N) is 1. The van der Waals surface area contributed by atoms with E-state index in [2.05, 4.69) is 20.7 Å². The molecule has 6 heteroatoms. The molecule has 2 N–H and O–H groups in total. The first kappa shape index (κ1) is 14.0. The molecule has 1 aromatic carbocycles. The molecule has 0 bridgehead atoms. The van der Waals surface area contributed by atoms with E-state index in [-0.39, 0.29) is 17.0 Å². The van der Waals surface area contributed by atoms with Crippen LogP contribution in [-0.2, 0) is 16.6 Å². The highest BCUT2D eigenvalue weighted by atomic mass is 79.9. The van der Waals surface area contributed by atoms with Gasteiger partial charge in [-0.15, -0.1) is 0 Å². The second-order valence-electron chi connectivity index (χ2n) is 5.03. The van der Waals surface area contributed by atoms with Gasteiger partial charge >= 0.3 is 0 Å². The highest BCUT2D eigenvalue weighted by Gasteiger charge is 2.41. The minimum atomic E-state index is -3.53. The lowest BCUT2D eigenvalue weighted by Crippen LogP contribution is -2.34. The molecule has 0 unspecified atom stereocenters. The number of sulfonamides is 1. The van der Waals surface area contributed by atoms with Gasteiger partial charge in [-0.05, 0) is 49.9 Å². The van der Waals surface area contributed by atoms with Gasteiger partial charge in [0.15, 0.2) is 0 Å². The van der Waals surface area contributed by atoms with Crippen molar-refractivity contribution in [2.45, 2.75) is 43.7 Å². The Kier molecular flexibility index (Phi) is 3.57. The highest BCUT2D eigenvalue weighted by Crippen LogP contribution is 2.37. The summed E-state index contributed by atoms with van der Waals surface area (Å²) in [6, 6.07) is 3.25. The van der Waals surface area contributed by atoms with E-state index in [0.29, 0.717) is 15.6 Å². The molecular weight excluding hydrogens is 318 g/mol. The number of aliphatic hydroxyl groups excluding tert-OH is 1. The fourth-order valence-corrected chi connectivity index (χ4v) is 4.17. The van der Waals surface area contributed by atoms with Gasteiger partial charge in [0.1, 0.15) is 0 Å². The van der Waals surface area contributed by atoms with Gasteiger partial charge in [0.05, 0.1) is 11.5 Å². The van der Waals surface area contributed by atoms with E-state index in [9.17, 15) is 8.42 Å². The molecule has 0 amide bonds. The molecular formula is C12H16BrNO3S. The van der Waals surface area contributed by atoms with Crippen LogP contribution in [0.4, 0.5) is 0 Å². The molecule has 1 saturated carbocycles. The van der Waals surface area contributed by atoms with Crippen LogP contribution in [0, 0.1) is 6.92 Å². The average molecular weight is 334 g/mol. The summed E-state index contributed by atoms with van der Waals surface area (Å²) in [5.74, 6) is 0. The maximum absolute atomic E-state index is 12.3. The summed E-state index contributed by atoms with van der Waals surface area (Å²) in [4.78, 5) is 0.231. The van der Waals surface area contributed by atoms with E-state index < -0.39 is 10.0 Å². The molecule has 1 aromatic rings. The molecule has 0 aromatic heterocycles. The van der Waals surface area contributed by atoms with Crippen molar-refractivity contribution in [3.63, 3.8) is 0 Å². The lowest BCUT2D eigenvalue weighted by Gasteiger charge is -2.15. The van der Waals surface area contributed by atoms with Gasteiger partial charge in [-0.25, -0.2) is 13.1 Å². The van der Waals surface area contributed by atoms with E-state index in [4.69, 9.17) is 5.11 Å². The van der Waals surface area contributed by atoms with Crippen LogP contribution in [0.1, 0.15) is 30.9 Å². The number of aliphatic hydroxyl groups is 1. The zero-order chi connectivity index (χ0) is 13.6. The second kappa shape index (κ2) is 4.59. The second-order valence-corrected chi connectivity index (χ2v) is 7.53. The van der Waals surface area contributed by atoms with Gasteiger partial charge in [0.25, 0.3) is 0 Å². The third-order valence-electron chi connectivity index (χ3n) is 3.21. The van der Waals surface area contributed by atoms with E-state index in [0.717, 1.165) is 12.8 Å². The number of halogens is 1. The van der Waals surface area contributed by atoms with Crippen LogP contribution < -0.4 is 4.72 Å². The molecule has 1 aliphatic rings. The largest absolute Gasteiger partial charge is 0.392 e. The normalized spacial score (nSPS) is 17.8. The minimum absolute atomic E-state index is 0.182. The van der Waals surface area contributed by atoms with Crippen molar-refractivity contribution in [2.24, 2.45) is 0 Å². The zero-order valence-electron chi connectivity index (χ0n) is 10.3. The van der Waals surface area contributed by atoms with Crippen molar-refractivity contribution in [1.29, 1.82) is 0 Å². The Morgan fingerprint density at radius 1 is 1.44 bits per heavy atom. The van der Waals surface area contributed by atoms with Crippen molar-refractivity contribution in [3.8, 4) is 0 Å². The molecule has 0 spiro atoms. The van der Waals surface area contributed by atoms with Crippen molar-refractivity contribution in [3.05, 3.63) is 27.7 Å². The van der Waals surface area contributed by atoms with Crippen LogP contribution in [0.2, 0.25) is 0 Å². The molecule has 100 valence electrons. The molecule has 0 heterocycles. The Morgan fingerprint density at radius 3 is 2.56 bits per heavy atom. The third-order valence-corrected chi connectivity index (χ3v) is 5.80. The smallest absolute Gasteiger partial charge is 0.241 e. The number of benzene rings is 1. The Morgan fingerprint density at radius 2 is 2.06 bits per heavy atom. The van der Waals surface area contributed by atoms with Gasteiger partial charge in [-0.1, -0.05) is 15.9 Å². The predicted octanol–water partition coefficient (Wildman–Crippen LogP) is 2.08. The summed E-state index contributed by atoms with van der Waals surface area (Å²) in [7, 11) is -3.53. The number of rotatable bonds is 4. The quantitative estimate of drug-likeness (QED) is 0.886. The molecule has 4 nitrogen and oxygen atoms in total. The third kappa shape index (κ3) is 2.77. The van der Waals surface area contributed by atoms with Crippen LogP contribution in [0.25, 0.3) is 0 Å². The van der Waals surface area contributed by atoms with Crippen molar-refractivity contribution in [1.82, 2.24) is 4.72 Å². The van der Waals surface area contributed by atoms with Gasteiger partial charge in [-0.3, -0.25) is 0 Å². The van der Waals surface area contributed by atoms with Gasteiger partial charge in [-0.2, -0.15) is 0 Å². The number of hydrogen-bond donors (Lipinski definition) is 2. The minimum Gasteiger partial charge on any atom is -0.392 e. The lowest BCUT2D eigenvalue weighted by molar-refractivity contribution is 0.281.